The molecule has 1 aromatic heterocycles. The lowest BCUT2D eigenvalue weighted by molar-refractivity contribution is -0.139. The van der Waals surface area contributed by atoms with Crippen LogP contribution in [0.3, 0.4) is 0 Å². The predicted octanol–water partition coefficient (Wildman–Crippen LogP) is 1.48. The number of hydrogen-bond acceptors (Lipinski definition) is 4. The van der Waals surface area contributed by atoms with E-state index < -0.39 is 17.4 Å². The van der Waals surface area contributed by atoms with Gasteiger partial charge in [0.15, 0.2) is 0 Å². The summed E-state index contributed by atoms with van der Waals surface area (Å²) < 4.78 is 6.60. The number of ether oxygens (including phenoxy) is 1. The third-order valence-electron chi connectivity index (χ3n) is 3.29. The lowest BCUT2D eigenvalue weighted by Gasteiger charge is -2.28. The maximum atomic E-state index is 12.3. The van der Waals surface area contributed by atoms with Crippen molar-refractivity contribution in [2.75, 3.05) is 13.7 Å². The number of aromatic nitrogens is 2. The molecule has 7 nitrogen and oxygen atoms in total. The fourth-order valence-corrected chi connectivity index (χ4v) is 2.29. The van der Waals surface area contributed by atoms with Gasteiger partial charge in [-0.3, -0.25) is 9.59 Å². The zero-order chi connectivity index (χ0) is 16.9. The molecule has 2 aromatic rings. The Hall–Kier alpha value is -2.67. The second kappa shape index (κ2) is 7.06. The van der Waals surface area contributed by atoms with Gasteiger partial charge in [-0.2, -0.15) is 5.10 Å². The van der Waals surface area contributed by atoms with Crippen molar-refractivity contribution in [1.82, 2.24) is 15.1 Å². The first-order chi connectivity index (χ1) is 10.9. The minimum atomic E-state index is -1.01. The van der Waals surface area contributed by atoms with Crippen molar-refractivity contribution in [2.45, 2.75) is 18.9 Å². The van der Waals surface area contributed by atoms with Crippen LogP contribution in [-0.2, 0) is 9.53 Å². The normalized spacial score (nSPS) is 13.3. The lowest BCUT2D eigenvalue weighted by atomic mass is 9.98. The minimum absolute atomic E-state index is 0.0951. The van der Waals surface area contributed by atoms with Gasteiger partial charge in [-0.05, 0) is 19.1 Å². The van der Waals surface area contributed by atoms with Gasteiger partial charge in [0.25, 0.3) is 5.91 Å². The van der Waals surface area contributed by atoms with E-state index in [1.165, 1.54) is 13.3 Å². The highest BCUT2D eigenvalue weighted by Crippen LogP contribution is 2.13. The highest BCUT2D eigenvalue weighted by atomic mass is 16.5. The van der Waals surface area contributed by atoms with Gasteiger partial charge in [0.2, 0.25) is 0 Å². The van der Waals surface area contributed by atoms with Gasteiger partial charge in [-0.15, -0.1) is 0 Å². The third-order valence-corrected chi connectivity index (χ3v) is 3.29. The molecular weight excluding hydrogens is 298 g/mol. The quantitative estimate of drug-likeness (QED) is 0.807. The van der Waals surface area contributed by atoms with E-state index in [9.17, 15) is 9.59 Å². The van der Waals surface area contributed by atoms with Crippen LogP contribution in [0.1, 0.15) is 23.7 Å². The standard InChI is InChI=1S/C16H19N3O4/c1-16(11-23-2,8-14(20)21)18-15(22)12-9-17-19(10-12)13-6-4-3-5-7-13/h3-7,9-10H,8,11H2,1-2H3,(H,18,22)(H,20,21). The molecule has 1 unspecified atom stereocenters. The molecule has 0 radical (unpaired) electrons. The Bertz CT molecular complexity index is 684. The van der Waals surface area contributed by atoms with Crippen molar-refractivity contribution in [3.63, 3.8) is 0 Å². The molecule has 1 atom stereocenters. The molecule has 0 spiro atoms. The van der Waals surface area contributed by atoms with Crippen LogP contribution in [0.2, 0.25) is 0 Å². The van der Waals surface area contributed by atoms with E-state index >= 15 is 0 Å². The number of benzene rings is 1. The van der Waals surface area contributed by atoms with E-state index in [-0.39, 0.29) is 13.0 Å². The maximum absolute atomic E-state index is 12.3. The Morgan fingerprint density at radius 1 is 1.35 bits per heavy atom. The predicted molar refractivity (Wildman–Crippen MR) is 83.6 cm³/mol. The summed E-state index contributed by atoms with van der Waals surface area (Å²) in [5.74, 6) is -1.40. The van der Waals surface area contributed by atoms with Crippen molar-refractivity contribution >= 4 is 11.9 Å². The van der Waals surface area contributed by atoms with E-state index in [2.05, 4.69) is 10.4 Å². The molecule has 0 aliphatic heterocycles. The van der Waals surface area contributed by atoms with Gasteiger partial charge in [0, 0.05) is 13.3 Å². The van der Waals surface area contributed by atoms with Gasteiger partial charge in [-0.1, -0.05) is 18.2 Å². The molecular formula is C16H19N3O4. The van der Waals surface area contributed by atoms with Gasteiger partial charge in [-0.25, -0.2) is 4.68 Å². The van der Waals surface area contributed by atoms with Crippen LogP contribution in [-0.4, -0.2) is 46.0 Å². The van der Waals surface area contributed by atoms with Gasteiger partial charge < -0.3 is 15.2 Å². The molecule has 0 aliphatic carbocycles. The van der Waals surface area contributed by atoms with Crippen molar-refractivity contribution < 1.29 is 19.4 Å². The average Bonchev–Trinajstić information content (AvgIpc) is 2.97. The molecule has 7 heteroatoms. The van der Waals surface area contributed by atoms with Crippen LogP contribution >= 0.6 is 0 Å². The number of nitrogens with zero attached hydrogens (tertiary/aromatic N) is 2. The molecule has 23 heavy (non-hydrogen) atoms. The second-order valence-electron chi connectivity index (χ2n) is 5.53. The fourth-order valence-electron chi connectivity index (χ4n) is 2.29. The number of hydrogen-bond donors (Lipinski definition) is 2. The van der Waals surface area contributed by atoms with E-state index in [1.54, 1.807) is 17.8 Å². The molecule has 0 saturated heterocycles. The minimum Gasteiger partial charge on any atom is -0.481 e. The fraction of sp³-hybridized carbons (Fsp3) is 0.312. The zero-order valence-electron chi connectivity index (χ0n) is 13.0. The zero-order valence-corrected chi connectivity index (χ0v) is 13.0. The second-order valence-corrected chi connectivity index (χ2v) is 5.53. The number of rotatable bonds is 7. The van der Waals surface area contributed by atoms with E-state index in [0.29, 0.717) is 5.56 Å². The smallest absolute Gasteiger partial charge is 0.305 e. The van der Waals surface area contributed by atoms with E-state index in [1.807, 2.05) is 30.3 Å². The first-order valence-electron chi connectivity index (χ1n) is 7.07. The highest BCUT2D eigenvalue weighted by Gasteiger charge is 2.30. The number of carboxylic acid groups (broad SMARTS) is 1. The monoisotopic (exact) mass is 317 g/mol. The Morgan fingerprint density at radius 2 is 2.04 bits per heavy atom. The molecule has 1 aromatic carbocycles. The molecule has 0 aliphatic rings. The summed E-state index contributed by atoms with van der Waals surface area (Å²) in [6.45, 7) is 1.72. The number of carbonyl (C=O) groups is 2. The molecule has 0 fully saturated rings. The van der Waals surface area contributed by atoms with Crippen LogP contribution in [0.5, 0.6) is 0 Å². The number of para-hydroxylation sites is 1. The number of amides is 1. The SMILES string of the molecule is COCC(C)(CC(=O)O)NC(=O)c1cnn(-c2ccccc2)c1. The number of methoxy groups -OCH3 is 1. The Morgan fingerprint density at radius 3 is 2.65 bits per heavy atom. The van der Waals surface area contributed by atoms with E-state index in [0.717, 1.165) is 5.69 Å². The molecule has 122 valence electrons. The van der Waals surface area contributed by atoms with Crippen molar-refractivity contribution in [2.24, 2.45) is 0 Å². The molecule has 0 bridgehead atoms. The van der Waals surface area contributed by atoms with Gasteiger partial charge in [0.1, 0.15) is 0 Å². The Kier molecular flexibility index (Phi) is 5.13. The molecule has 1 amide bonds. The summed E-state index contributed by atoms with van der Waals surface area (Å²) in [7, 11) is 1.46. The summed E-state index contributed by atoms with van der Waals surface area (Å²) in [4.78, 5) is 23.3. The average molecular weight is 317 g/mol. The van der Waals surface area contributed by atoms with Crippen molar-refractivity contribution in [1.29, 1.82) is 0 Å². The Balaban J connectivity index is 2.14. The summed E-state index contributed by atoms with van der Waals surface area (Å²) in [5, 5.41) is 15.9. The summed E-state index contributed by atoms with van der Waals surface area (Å²) in [5.41, 5.74) is 0.185. The molecule has 0 saturated carbocycles. The third kappa shape index (κ3) is 4.40. The topological polar surface area (TPSA) is 93.4 Å². The lowest BCUT2D eigenvalue weighted by Crippen LogP contribution is -2.50. The molecule has 1 heterocycles. The first kappa shape index (κ1) is 16.7. The van der Waals surface area contributed by atoms with Crippen molar-refractivity contribution in [3.8, 4) is 5.69 Å². The van der Waals surface area contributed by atoms with Crippen LogP contribution in [0.25, 0.3) is 5.69 Å². The summed E-state index contributed by atoms with van der Waals surface area (Å²) in [6, 6.07) is 9.38. The number of nitrogens with one attached hydrogen (secondary N) is 1. The molecule has 2 rings (SSSR count). The maximum Gasteiger partial charge on any atom is 0.305 e. The molecule has 2 N–H and O–H groups in total. The Labute approximate surface area is 133 Å². The van der Waals surface area contributed by atoms with Crippen LogP contribution < -0.4 is 5.32 Å². The number of carbonyl (C=O) groups excluding carboxylic acids is 1. The summed E-state index contributed by atoms with van der Waals surface area (Å²) in [6.07, 6.45) is 2.80. The summed E-state index contributed by atoms with van der Waals surface area (Å²) >= 11 is 0. The van der Waals surface area contributed by atoms with Gasteiger partial charge >= 0.3 is 5.97 Å². The number of aliphatic carboxylic acids is 1. The number of carboxylic acids is 1. The largest absolute Gasteiger partial charge is 0.481 e. The highest BCUT2D eigenvalue weighted by molar-refractivity contribution is 5.94. The van der Waals surface area contributed by atoms with E-state index in [4.69, 9.17) is 9.84 Å². The van der Waals surface area contributed by atoms with Gasteiger partial charge in [0.05, 0.1) is 36.0 Å². The van der Waals surface area contributed by atoms with Crippen LogP contribution in [0.15, 0.2) is 42.7 Å². The van der Waals surface area contributed by atoms with Crippen LogP contribution in [0.4, 0.5) is 0 Å². The van der Waals surface area contributed by atoms with Crippen LogP contribution in [0, 0.1) is 0 Å². The first-order valence-corrected chi connectivity index (χ1v) is 7.07. The van der Waals surface area contributed by atoms with Crippen molar-refractivity contribution in [3.05, 3.63) is 48.3 Å².